The Bertz CT molecular complexity index is 1140. The molecule has 0 aliphatic carbocycles. The molecule has 1 aromatic heterocycles. The lowest BCUT2D eigenvalue weighted by Crippen LogP contribution is -2.53. The van der Waals surface area contributed by atoms with Crippen LogP contribution in [-0.2, 0) is 12.0 Å². The van der Waals surface area contributed by atoms with E-state index in [0.29, 0.717) is 12.1 Å². The minimum Gasteiger partial charge on any atom is -0.497 e. The number of nitrogens with zero attached hydrogens (tertiary/aromatic N) is 2. The number of hydrogen-bond acceptors (Lipinski definition) is 4. The van der Waals surface area contributed by atoms with Crippen molar-refractivity contribution >= 4 is 10.9 Å². The number of rotatable bonds is 4. The maximum Gasteiger partial charge on any atom is 0.127 e. The third-order valence-electron chi connectivity index (χ3n) is 7.34. The molecular weight excluding hydrogens is 412 g/mol. The Morgan fingerprint density at radius 2 is 1.94 bits per heavy atom. The number of halogens is 2. The molecule has 1 atom stereocenters. The van der Waals surface area contributed by atoms with Gasteiger partial charge in [0.2, 0.25) is 0 Å². The SMILES string of the molecule is COc1ccc2c3c([nH]c2c1)[C@@H](CO)N(Cc1cc(F)ccc1F)CC31CCN(C)CC1. The van der Waals surface area contributed by atoms with Gasteiger partial charge in [0.15, 0.2) is 0 Å². The molecule has 0 saturated carbocycles. The quantitative estimate of drug-likeness (QED) is 0.644. The van der Waals surface area contributed by atoms with Crippen LogP contribution in [0.4, 0.5) is 8.78 Å². The molecule has 5 nitrogen and oxygen atoms in total. The van der Waals surface area contributed by atoms with E-state index in [-0.39, 0.29) is 24.6 Å². The number of aliphatic hydroxyl groups excluding tert-OH is 1. The number of ether oxygens (including phenoxy) is 1. The molecule has 1 saturated heterocycles. The number of fused-ring (bicyclic) bond motifs is 4. The van der Waals surface area contributed by atoms with E-state index in [1.54, 1.807) is 7.11 Å². The van der Waals surface area contributed by atoms with Gasteiger partial charge in [-0.15, -0.1) is 0 Å². The van der Waals surface area contributed by atoms with Crippen LogP contribution in [0.15, 0.2) is 36.4 Å². The number of H-pyrrole nitrogens is 1. The van der Waals surface area contributed by atoms with Crippen molar-refractivity contribution in [3.05, 3.63) is 64.9 Å². The van der Waals surface area contributed by atoms with E-state index >= 15 is 0 Å². The van der Waals surface area contributed by atoms with Crippen LogP contribution in [0.2, 0.25) is 0 Å². The molecular formula is C25H29F2N3O2. The van der Waals surface area contributed by atoms with Crippen molar-refractivity contribution in [2.75, 3.05) is 40.4 Å². The van der Waals surface area contributed by atoms with Crippen LogP contribution < -0.4 is 4.74 Å². The highest BCUT2D eigenvalue weighted by atomic mass is 19.1. The summed E-state index contributed by atoms with van der Waals surface area (Å²) in [5, 5.41) is 11.6. The standard InChI is InChI=1S/C25H29F2N3O2/c1-29-9-7-25(8-10-29)15-30(13-16-11-17(26)3-6-20(16)27)22(14-31)24-23(25)19-5-4-18(32-2)12-21(19)28-24/h3-6,11-12,22,28,31H,7-10,13-15H2,1-2H3/t22-/m1/s1. The second kappa shape index (κ2) is 8.14. The molecule has 0 amide bonds. The monoisotopic (exact) mass is 441 g/mol. The van der Waals surface area contributed by atoms with Crippen molar-refractivity contribution < 1.29 is 18.6 Å². The van der Waals surface area contributed by atoms with E-state index in [2.05, 4.69) is 27.9 Å². The van der Waals surface area contributed by atoms with Crippen LogP contribution in [0.1, 0.15) is 35.7 Å². The lowest BCUT2D eigenvalue weighted by Gasteiger charge is -2.50. The molecule has 2 aromatic carbocycles. The molecule has 5 rings (SSSR count). The smallest absolute Gasteiger partial charge is 0.127 e. The zero-order valence-electron chi connectivity index (χ0n) is 18.5. The predicted molar refractivity (Wildman–Crippen MR) is 120 cm³/mol. The van der Waals surface area contributed by atoms with E-state index in [1.165, 1.54) is 17.7 Å². The number of aromatic amines is 1. The van der Waals surface area contributed by atoms with Crippen LogP contribution in [-0.4, -0.2) is 60.3 Å². The van der Waals surface area contributed by atoms with Gasteiger partial charge < -0.3 is 19.7 Å². The zero-order valence-corrected chi connectivity index (χ0v) is 18.5. The number of hydrogen-bond donors (Lipinski definition) is 2. The minimum absolute atomic E-state index is 0.107. The molecule has 2 N–H and O–H groups in total. The van der Waals surface area contributed by atoms with Crippen molar-refractivity contribution in [1.29, 1.82) is 0 Å². The molecule has 32 heavy (non-hydrogen) atoms. The van der Waals surface area contributed by atoms with E-state index in [4.69, 9.17) is 4.74 Å². The molecule has 0 unspecified atom stereocenters. The summed E-state index contributed by atoms with van der Waals surface area (Å²) in [6.07, 6.45) is 1.94. The van der Waals surface area contributed by atoms with E-state index in [1.807, 2.05) is 12.1 Å². The molecule has 3 aromatic rings. The minimum atomic E-state index is -0.452. The average Bonchev–Trinajstić information content (AvgIpc) is 3.18. The third-order valence-corrected chi connectivity index (χ3v) is 7.34. The van der Waals surface area contributed by atoms with Gasteiger partial charge in [-0.2, -0.15) is 0 Å². The molecule has 2 aliphatic heterocycles. The van der Waals surface area contributed by atoms with Crippen LogP contribution >= 0.6 is 0 Å². The van der Waals surface area contributed by atoms with Crippen LogP contribution in [0.5, 0.6) is 5.75 Å². The topological polar surface area (TPSA) is 51.7 Å². The summed E-state index contributed by atoms with van der Waals surface area (Å²) in [6.45, 7) is 2.75. The van der Waals surface area contributed by atoms with E-state index < -0.39 is 11.6 Å². The van der Waals surface area contributed by atoms with Gasteiger partial charge in [-0.05, 0) is 68.9 Å². The van der Waals surface area contributed by atoms with Crippen LogP contribution in [0.3, 0.4) is 0 Å². The van der Waals surface area contributed by atoms with Crippen molar-refractivity contribution in [3.63, 3.8) is 0 Å². The number of methoxy groups -OCH3 is 1. The van der Waals surface area contributed by atoms with Crippen molar-refractivity contribution in [2.45, 2.75) is 30.8 Å². The van der Waals surface area contributed by atoms with E-state index in [0.717, 1.165) is 54.3 Å². The number of piperidine rings is 1. The molecule has 0 radical (unpaired) electrons. The number of likely N-dealkylation sites (tertiary alicyclic amines) is 1. The second-order valence-electron chi connectivity index (χ2n) is 9.25. The Labute approximate surface area is 186 Å². The van der Waals surface area contributed by atoms with E-state index in [9.17, 15) is 13.9 Å². The first-order valence-electron chi connectivity index (χ1n) is 11.1. The maximum absolute atomic E-state index is 14.5. The number of aromatic nitrogens is 1. The summed E-state index contributed by atoms with van der Waals surface area (Å²) in [4.78, 5) is 7.99. The molecule has 7 heteroatoms. The van der Waals surface area contributed by atoms with Gasteiger partial charge in [-0.1, -0.05) is 0 Å². The van der Waals surface area contributed by atoms with Crippen molar-refractivity contribution in [2.24, 2.45) is 0 Å². The van der Waals surface area contributed by atoms with Gasteiger partial charge >= 0.3 is 0 Å². The Kier molecular flexibility index (Phi) is 5.43. The second-order valence-corrected chi connectivity index (χ2v) is 9.25. The summed E-state index contributed by atoms with van der Waals surface area (Å²) in [7, 11) is 3.78. The highest BCUT2D eigenvalue weighted by Gasteiger charge is 2.47. The Morgan fingerprint density at radius 3 is 2.66 bits per heavy atom. The first-order valence-corrected chi connectivity index (χ1v) is 11.1. The maximum atomic E-state index is 14.5. The average molecular weight is 442 g/mol. The predicted octanol–water partition coefficient (Wildman–Crippen LogP) is 3.97. The van der Waals surface area contributed by atoms with Gasteiger partial charge in [-0.3, -0.25) is 4.90 Å². The van der Waals surface area contributed by atoms with Gasteiger partial charge in [-0.25, -0.2) is 8.78 Å². The molecule has 3 heterocycles. The summed E-state index contributed by atoms with van der Waals surface area (Å²) in [5.74, 6) is -0.105. The largest absolute Gasteiger partial charge is 0.497 e. The first kappa shape index (κ1) is 21.4. The lowest BCUT2D eigenvalue weighted by molar-refractivity contribution is 0.0467. The Hall–Kier alpha value is -2.48. The fourth-order valence-corrected chi connectivity index (χ4v) is 5.62. The Morgan fingerprint density at radius 1 is 1.16 bits per heavy atom. The Balaban J connectivity index is 1.64. The molecule has 2 aliphatic rings. The molecule has 1 spiro atoms. The van der Waals surface area contributed by atoms with Crippen molar-refractivity contribution in [1.82, 2.24) is 14.8 Å². The molecule has 1 fully saturated rings. The van der Waals surface area contributed by atoms with Gasteiger partial charge in [0, 0.05) is 46.7 Å². The molecule has 170 valence electrons. The lowest BCUT2D eigenvalue weighted by atomic mass is 9.68. The van der Waals surface area contributed by atoms with Crippen LogP contribution in [0, 0.1) is 11.6 Å². The van der Waals surface area contributed by atoms with Crippen LogP contribution in [0.25, 0.3) is 10.9 Å². The summed E-state index contributed by atoms with van der Waals surface area (Å²) in [5.41, 5.74) is 3.41. The molecule has 0 bridgehead atoms. The van der Waals surface area contributed by atoms with Gasteiger partial charge in [0.25, 0.3) is 0 Å². The van der Waals surface area contributed by atoms with Gasteiger partial charge in [0.05, 0.1) is 19.8 Å². The fourth-order valence-electron chi connectivity index (χ4n) is 5.62. The third kappa shape index (κ3) is 3.49. The summed E-state index contributed by atoms with van der Waals surface area (Å²) >= 11 is 0. The number of aliphatic hydroxyl groups is 1. The highest BCUT2D eigenvalue weighted by Crippen LogP contribution is 2.49. The van der Waals surface area contributed by atoms with Crippen molar-refractivity contribution in [3.8, 4) is 5.75 Å². The number of benzene rings is 2. The highest BCUT2D eigenvalue weighted by molar-refractivity contribution is 5.87. The normalized spacial score (nSPS) is 21.2. The summed E-state index contributed by atoms with van der Waals surface area (Å²) < 4.78 is 33.8. The first-order chi connectivity index (χ1) is 15.4. The zero-order chi connectivity index (χ0) is 22.5. The number of nitrogens with one attached hydrogen (secondary N) is 1. The van der Waals surface area contributed by atoms with Gasteiger partial charge in [0.1, 0.15) is 17.4 Å². The fraction of sp³-hybridized carbons (Fsp3) is 0.440. The summed E-state index contributed by atoms with van der Waals surface area (Å²) in [6, 6.07) is 9.31.